The maximum absolute atomic E-state index is 11.2. The number of ether oxygens (including phenoxy) is 1. The van der Waals surface area contributed by atoms with Gasteiger partial charge >= 0.3 is 0 Å². The third-order valence-electron chi connectivity index (χ3n) is 1.45. The topological polar surface area (TPSA) is 51.2 Å². The van der Waals surface area contributed by atoms with Crippen LogP contribution in [0.25, 0.3) is 0 Å². The maximum atomic E-state index is 11.2. The van der Waals surface area contributed by atoms with Gasteiger partial charge in [0.2, 0.25) is 5.91 Å². The van der Waals surface area contributed by atoms with Crippen LogP contribution >= 0.6 is 15.9 Å². The number of halogens is 1. The number of hydrogen-bond acceptors (Lipinski definition) is 3. The van der Waals surface area contributed by atoms with Crippen molar-refractivity contribution in [3.63, 3.8) is 0 Å². The molecule has 0 spiro atoms. The smallest absolute Gasteiger partial charge is 0.250 e. The first-order chi connectivity index (χ1) is 6.72. The van der Waals surface area contributed by atoms with E-state index in [2.05, 4.69) is 26.2 Å². The molecule has 0 aromatic carbocycles. The molecule has 14 heavy (non-hydrogen) atoms. The number of hydrogen-bond donors (Lipinski definition) is 1. The molecule has 1 rings (SSSR count). The van der Waals surface area contributed by atoms with Gasteiger partial charge in [-0.15, -0.1) is 0 Å². The molecule has 76 valence electrons. The number of nitrogens with zero attached hydrogens (tertiary/aromatic N) is 1. The first kappa shape index (κ1) is 11.1. The zero-order valence-corrected chi connectivity index (χ0v) is 9.37. The van der Waals surface area contributed by atoms with Crippen LogP contribution in [0, 0.1) is 0 Å². The molecule has 0 radical (unpaired) electrons. The lowest BCUT2D eigenvalue weighted by atomic mass is 10.4. The fourth-order valence-corrected chi connectivity index (χ4v) is 1.24. The van der Waals surface area contributed by atoms with E-state index in [1.165, 1.54) is 0 Å². The molecule has 0 bridgehead atoms. The summed E-state index contributed by atoms with van der Waals surface area (Å²) in [6, 6.07) is 3.44. The number of anilines is 1. The molecule has 0 fully saturated rings. The van der Waals surface area contributed by atoms with Gasteiger partial charge in [0.25, 0.3) is 0 Å². The fraction of sp³-hybridized carbons (Fsp3) is 0.333. The number of carbonyl (C=O) groups is 1. The minimum Gasteiger partial charge on any atom is -0.372 e. The molecule has 5 heteroatoms. The van der Waals surface area contributed by atoms with Crippen LogP contribution in [-0.2, 0) is 9.53 Å². The maximum Gasteiger partial charge on any atom is 0.250 e. The predicted molar refractivity (Wildman–Crippen MR) is 57.1 cm³/mol. The summed E-state index contributed by atoms with van der Waals surface area (Å²) in [5.41, 5.74) is 0.705. The lowest BCUT2D eigenvalue weighted by Gasteiger charge is -2.04. The lowest BCUT2D eigenvalue weighted by Crippen LogP contribution is -2.18. The number of nitrogens with one attached hydrogen (secondary N) is 1. The molecule has 1 amide bonds. The van der Waals surface area contributed by atoms with Crippen LogP contribution in [0.3, 0.4) is 0 Å². The quantitative estimate of drug-likeness (QED) is 0.839. The Kier molecular flexibility index (Phi) is 4.55. The van der Waals surface area contributed by atoms with Crippen LogP contribution in [0.1, 0.15) is 6.92 Å². The van der Waals surface area contributed by atoms with E-state index in [0.717, 1.165) is 0 Å². The zero-order valence-electron chi connectivity index (χ0n) is 7.79. The van der Waals surface area contributed by atoms with Gasteiger partial charge in [0.05, 0.1) is 0 Å². The van der Waals surface area contributed by atoms with Gasteiger partial charge in [-0.25, -0.2) is 4.98 Å². The summed E-state index contributed by atoms with van der Waals surface area (Å²) in [6.07, 6.45) is 1.61. The lowest BCUT2D eigenvalue weighted by molar-refractivity contribution is -0.120. The first-order valence-electron chi connectivity index (χ1n) is 4.21. The molecule has 1 heterocycles. The number of rotatable bonds is 4. The highest BCUT2D eigenvalue weighted by atomic mass is 79.9. The molecule has 0 unspecified atom stereocenters. The SMILES string of the molecule is CCOCC(=O)Nc1ccnc(Br)c1. The molecule has 0 aliphatic rings. The predicted octanol–water partition coefficient (Wildman–Crippen LogP) is 1.82. The highest BCUT2D eigenvalue weighted by Gasteiger charge is 2.01. The van der Waals surface area contributed by atoms with E-state index in [9.17, 15) is 4.79 Å². The first-order valence-corrected chi connectivity index (χ1v) is 5.01. The summed E-state index contributed by atoms with van der Waals surface area (Å²) in [6.45, 7) is 2.46. The monoisotopic (exact) mass is 258 g/mol. The highest BCUT2D eigenvalue weighted by Crippen LogP contribution is 2.12. The normalized spacial score (nSPS) is 9.86. The second kappa shape index (κ2) is 5.72. The van der Waals surface area contributed by atoms with Crippen LogP contribution in [0.5, 0.6) is 0 Å². The van der Waals surface area contributed by atoms with Crippen molar-refractivity contribution in [1.82, 2.24) is 4.98 Å². The molecule has 0 aliphatic carbocycles. The molecular formula is C9H11BrN2O2. The van der Waals surface area contributed by atoms with E-state index in [0.29, 0.717) is 16.9 Å². The summed E-state index contributed by atoms with van der Waals surface area (Å²) < 4.78 is 5.65. The fourth-order valence-electron chi connectivity index (χ4n) is 0.872. The van der Waals surface area contributed by atoms with Crippen molar-refractivity contribution in [3.8, 4) is 0 Å². The summed E-state index contributed by atoms with van der Waals surface area (Å²) >= 11 is 3.21. The van der Waals surface area contributed by atoms with Crippen molar-refractivity contribution in [2.45, 2.75) is 6.92 Å². The molecule has 0 saturated carbocycles. The molecule has 4 nitrogen and oxygen atoms in total. The van der Waals surface area contributed by atoms with E-state index < -0.39 is 0 Å². The Bertz CT molecular complexity index is 317. The van der Waals surface area contributed by atoms with E-state index >= 15 is 0 Å². The van der Waals surface area contributed by atoms with Crippen LogP contribution in [-0.4, -0.2) is 24.1 Å². The Hall–Kier alpha value is -0.940. The Morgan fingerprint density at radius 3 is 3.14 bits per heavy atom. The Labute approximate surface area is 90.8 Å². The van der Waals surface area contributed by atoms with Crippen molar-refractivity contribution in [1.29, 1.82) is 0 Å². The van der Waals surface area contributed by atoms with Crippen molar-refractivity contribution in [2.24, 2.45) is 0 Å². The van der Waals surface area contributed by atoms with Crippen LogP contribution < -0.4 is 5.32 Å². The molecule has 0 aliphatic heterocycles. The van der Waals surface area contributed by atoms with Gasteiger partial charge in [-0.2, -0.15) is 0 Å². The van der Waals surface area contributed by atoms with Gasteiger partial charge in [-0.05, 0) is 35.0 Å². The number of pyridine rings is 1. The summed E-state index contributed by atoms with van der Waals surface area (Å²) in [5, 5.41) is 2.68. The Morgan fingerprint density at radius 1 is 1.71 bits per heavy atom. The number of aromatic nitrogens is 1. The molecule has 0 atom stereocenters. The van der Waals surface area contributed by atoms with Crippen molar-refractivity contribution >= 4 is 27.5 Å². The largest absolute Gasteiger partial charge is 0.372 e. The van der Waals surface area contributed by atoms with Gasteiger partial charge in [0.1, 0.15) is 11.2 Å². The van der Waals surface area contributed by atoms with Crippen LogP contribution in [0.2, 0.25) is 0 Å². The average Bonchev–Trinajstić information content (AvgIpc) is 2.15. The van der Waals surface area contributed by atoms with Crippen LogP contribution in [0.4, 0.5) is 5.69 Å². The van der Waals surface area contributed by atoms with Gasteiger partial charge < -0.3 is 10.1 Å². The van der Waals surface area contributed by atoms with Gasteiger partial charge in [0, 0.05) is 18.5 Å². The molecular weight excluding hydrogens is 248 g/mol. The van der Waals surface area contributed by atoms with E-state index in [4.69, 9.17) is 4.74 Å². The minimum absolute atomic E-state index is 0.0798. The molecule has 0 saturated heterocycles. The van der Waals surface area contributed by atoms with Crippen molar-refractivity contribution < 1.29 is 9.53 Å². The minimum atomic E-state index is -0.162. The van der Waals surface area contributed by atoms with E-state index in [-0.39, 0.29) is 12.5 Å². The Morgan fingerprint density at radius 2 is 2.50 bits per heavy atom. The van der Waals surface area contributed by atoms with Gasteiger partial charge in [-0.1, -0.05) is 0 Å². The highest BCUT2D eigenvalue weighted by molar-refractivity contribution is 9.10. The third-order valence-corrected chi connectivity index (χ3v) is 1.88. The molecule has 1 aromatic rings. The summed E-state index contributed by atoms with van der Waals surface area (Å²) in [5.74, 6) is -0.162. The second-order valence-electron chi connectivity index (χ2n) is 2.55. The summed E-state index contributed by atoms with van der Waals surface area (Å²) in [7, 11) is 0. The van der Waals surface area contributed by atoms with E-state index in [1.807, 2.05) is 6.92 Å². The van der Waals surface area contributed by atoms with Crippen molar-refractivity contribution in [3.05, 3.63) is 22.9 Å². The standard InChI is InChI=1S/C9H11BrN2O2/c1-2-14-6-9(13)12-7-3-4-11-8(10)5-7/h3-5H,2,6H2,1H3,(H,11,12,13). The Balaban J connectivity index is 2.47. The van der Waals surface area contributed by atoms with Crippen LogP contribution in [0.15, 0.2) is 22.9 Å². The second-order valence-corrected chi connectivity index (χ2v) is 3.37. The van der Waals surface area contributed by atoms with E-state index in [1.54, 1.807) is 18.3 Å². The zero-order chi connectivity index (χ0) is 10.4. The molecule has 1 aromatic heterocycles. The van der Waals surface area contributed by atoms with Gasteiger partial charge in [0.15, 0.2) is 0 Å². The average molecular weight is 259 g/mol. The molecule has 1 N–H and O–H groups in total. The van der Waals surface area contributed by atoms with Gasteiger partial charge in [-0.3, -0.25) is 4.79 Å². The summed E-state index contributed by atoms with van der Waals surface area (Å²) in [4.78, 5) is 15.2. The third kappa shape index (κ3) is 3.85. The van der Waals surface area contributed by atoms with Crippen molar-refractivity contribution in [2.75, 3.05) is 18.5 Å². The number of amides is 1. The number of carbonyl (C=O) groups excluding carboxylic acids is 1.